The number of rotatable bonds is 6. The Morgan fingerprint density at radius 1 is 1.09 bits per heavy atom. The Hall–Kier alpha value is -3.50. The molecule has 9 nitrogen and oxygen atoms in total. The quantitative estimate of drug-likeness (QED) is 0.546. The van der Waals surface area contributed by atoms with Crippen LogP contribution in [0.3, 0.4) is 0 Å². The van der Waals surface area contributed by atoms with Gasteiger partial charge in [0.05, 0.1) is 5.69 Å². The Labute approximate surface area is 205 Å². The van der Waals surface area contributed by atoms with Crippen LogP contribution in [0.5, 0.6) is 0 Å². The SMILES string of the molecule is CC(=O)Nc1ccc(C)cc1S(=O)(=O)N1CCc2c(c(C(=O)NCc3cccc(C)c3)nn2C)C1. The van der Waals surface area contributed by atoms with Crippen LogP contribution in [0.2, 0.25) is 0 Å². The molecule has 2 aromatic carbocycles. The largest absolute Gasteiger partial charge is 0.347 e. The summed E-state index contributed by atoms with van der Waals surface area (Å²) < 4.78 is 30.2. The van der Waals surface area contributed by atoms with Gasteiger partial charge in [0, 0.05) is 51.3 Å². The van der Waals surface area contributed by atoms with Crippen molar-refractivity contribution >= 4 is 27.5 Å². The molecule has 1 aliphatic heterocycles. The average molecular weight is 496 g/mol. The molecule has 10 heteroatoms. The molecule has 184 valence electrons. The number of benzene rings is 2. The molecule has 0 aliphatic carbocycles. The summed E-state index contributed by atoms with van der Waals surface area (Å²) in [6.45, 7) is 5.72. The van der Waals surface area contributed by atoms with Gasteiger partial charge in [-0.1, -0.05) is 35.9 Å². The third-order valence-electron chi connectivity index (χ3n) is 6.02. The molecule has 0 atom stereocenters. The van der Waals surface area contributed by atoms with Crippen molar-refractivity contribution in [3.05, 3.63) is 76.1 Å². The summed E-state index contributed by atoms with van der Waals surface area (Å²) in [7, 11) is -2.19. The Morgan fingerprint density at radius 2 is 1.83 bits per heavy atom. The maximum atomic E-state index is 13.6. The molecule has 35 heavy (non-hydrogen) atoms. The van der Waals surface area contributed by atoms with Crippen LogP contribution in [-0.2, 0) is 41.4 Å². The van der Waals surface area contributed by atoms with Gasteiger partial charge in [0.15, 0.2) is 5.69 Å². The monoisotopic (exact) mass is 495 g/mol. The predicted octanol–water partition coefficient (Wildman–Crippen LogP) is 2.67. The molecule has 0 saturated carbocycles. The normalized spacial score (nSPS) is 13.8. The van der Waals surface area contributed by atoms with Gasteiger partial charge in [0.25, 0.3) is 5.91 Å². The number of sulfonamides is 1. The minimum atomic E-state index is -3.95. The van der Waals surface area contributed by atoms with E-state index in [0.29, 0.717) is 18.5 Å². The average Bonchev–Trinajstić information content (AvgIpc) is 3.14. The second kappa shape index (κ2) is 9.63. The number of amides is 2. The lowest BCUT2D eigenvalue weighted by atomic mass is 10.1. The van der Waals surface area contributed by atoms with E-state index in [1.54, 1.807) is 36.9 Å². The van der Waals surface area contributed by atoms with E-state index in [9.17, 15) is 18.0 Å². The Bertz CT molecular complexity index is 1410. The zero-order valence-electron chi connectivity index (χ0n) is 20.3. The van der Waals surface area contributed by atoms with Gasteiger partial charge in [-0.25, -0.2) is 8.42 Å². The van der Waals surface area contributed by atoms with Crippen molar-refractivity contribution in [2.45, 2.75) is 45.2 Å². The van der Waals surface area contributed by atoms with E-state index in [-0.39, 0.29) is 41.2 Å². The van der Waals surface area contributed by atoms with Crippen molar-refractivity contribution in [2.75, 3.05) is 11.9 Å². The number of fused-ring (bicyclic) bond motifs is 1. The van der Waals surface area contributed by atoms with Crippen LogP contribution in [0.25, 0.3) is 0 Å². The highest BCUT2D eigenvalue weighted by atomic mass is 32.2. The van der Waals surface area contributed by atoms with Gasteiger partial charge >= 0.3 is 0 Å². The number of nitrogens with one attached hydrogen (secondary N) is 2. The van der Waals surface area contributed by atoms with Crippen molar-refractivity contribution in [3.63, 3.8) is 0 Å². The molecular weight excluding hydrogens is 466 g/mol. The molecule has 0 saturated heterocycles. The van der Waals surface area contributed by atoms with E-state index < -0.39 is 10.0 Å². The fourth-order valence-electron chi connectivity index (χ4n) is 4.32. The van der Waals surface area contributed by atoms with Crippen molar-refractivity contribution in [1.29, 1.82) is 0 Å². The van der Waals surface area contributed by atoms with E-state index in [1.165, 1.54) is 11.2 Å². The zero-order chi connectivity index (χ0) is 25.3. The number of anilines is 1. The van der Waals surface area contributed by atoms with Crippen molar-refractivity contribution in [1.82, 2.24) is 19.4 Å². The highest BCUT2D eigenvalue weighted by molar-refractivity contribution is 7.89. The molecule has 0 radical (unpaired) electrons. The van der Waals surface area contributed by atoms with E-state index in [1.807, 2.05) is 31.2 Å². The number of carbonyl (C=O) groups excluding carboxylic acids is 2. The predicted molar refractivity (Wildman–Crippen MR) is 132 cm³/mol. The lowest BCUT2D eigenvalue weighted by Gasteiger charge is -2.28. The zero-order valence-corrected chi connectivity index (χ0v) is 21.1. The van der Waals surface area contributed by atoms with Crippen LogP contribution in [0.4, 0.5) is 5.69 Å². The third kappa shape index (κ3) is 5.13. The van der Waals surface area contributed by atoms with Crippen molar-refractivity contribution < 1.29 is 18.0 Å². The van der Waals surface area contributed by atoms with Gasteiger partial charge in [-0.2, -0.15) is 9.40 Å². The van der Waals surface area contributed by atoms with Gasteiger partial charge < -0.3 is 10.6 Å². The number of aryl methyl sites for hydroxylation is 3. The topological polar surface area (TPSA) is 113 Å². The molecule has 0 spiro atoms. The van der Waals surface area contributed by atoms with Crippen LogP contribution >= 0.6 is 0 Å². The standard InChI is InChI=1S/C25H29N5O4S/c1-16-6-5-7-19(12-16)14-26-25(32)24-20-15-30(11-10-22(20)29(4)28-24)35(33,34)23-13-17(2)8-9-21(23)27-18(3)31/h5-9,12-13H,10-11,14-15H2,1-4H3,(H,26,32)(H,27,31). The summed E-state index contributed by atoms with van der Waals surface area (Å²) in [5.41, 5.74) is 4.71. The molecular formula is C25H29N5O4S. The molecule has 1 aromatic heterocycles. The number of carbonyl (C=O) groups is 2. The van der Waals surface area contributed by atoms with Gasteiger partial charge in [0.2, 0.25) is 15.9 Å². The molecule has 0 fully saturated rings. The summed E-state index contributed by atoms with van der Waals surface area (Å²) in [4.78, 5) is 24.7. The summed E-state index contributed by atoms with van der Waals surface area (Å²) in [5, 5.41) is 9.92. The van der Waals surface area contributed by atoms with E-state index in [2.05, 4.69) is 15.7 Å². The lowest BCUT2D eigenvalue weighted by molar-refractivity contribution is -0.114. The number of hydrogen-bond donors (Lipinski definition) is 2. The highest BCUT2D eigenvalue weighted by Gasteiger charge is 2.34. The molecule has 1 aliphatic rings. The second-order valence-electron chi connectivity index (χ2n) is 8.84. The van der Waals surface area contributed by atoms with Gasteiger partial charge in [-0.05, 0) is 37.1 Å². The smallest absolute Gasteiger partial charge is 0.272 e. The lowest BCUT2D eigenvalue weighted by Crippen LogP contribution is -2.37. The Balaban J connectivity index is 1.61. The summed E-state index contributed by atoms with van der Waals surface area (Å²) in [6, 6.07) is 12.7. The van der Waals surface area contributed by atoms with Gasteiger partial charge in [-0.15, -0.1) is 0 Å². The second-order valence-corrected chi connectivity index (χ2v) is 10.7. The molecule has 3 aromatic rings. The maximum absolute atomic E-state index is 13.6. The summed E-state index contributed by atoms with van der Waals surface area (Å²) >= 11 is 0. The summed E-state index contributed by atoms with van der Waals surface area (Å²) in [5.74, 6) is -0.705. The third-order valence-corrected chi connectivity index (χ3v) is 7.91. The molecule has 2 amide bonds. The van der Waals surface area contributed by atoms with Crippen LogP contribution in [-0.4, -0.2) is 40.9 Å². The van der Waals surface area contributed by atoms with Gasteiger partial charge in [-0.3, -0.25) is 14.3 Å². The first-order valence-electron chi connectivity index (χ1n) is 11.3. The summed E-state index contributed by atoms with van der Waals surface area (Å²) in [6.07, 6.45) is 0.421. The first kappa shape index (κ1) is 24.6. The van der Waals surface area contributed by atoms with Crippen LogP contribution in [0, 0.1) is 13.8 Å². The first-order valence-corrected chi connectivity index (χ1v) is 12.8. The van der Waals surface area contributed by atoms with E-state index in [0.717, 1.165) is 22.4 Å². The molecule has 4 rings (SSSR count). The van der Waals surface area contributed by atoms with Gasteiger partial charge in [0.1, 0.15) is 4.90 Å². The molecule has 0 unspecified atom stereocenters. The fourth-order valence-corrected chi connectivity index (χ4v) is 5.96. The molecule has 2 N–H and O–H groups in total. The molecule has 2 heterocycles. The Morgan fingerprint density at radius 3 is 2.54 bits per heavy atom. The fraction of sp³-hybridized carbons (Fsp3) is 0.320. The van der Waals surface area contributed by atoms with Crippen molar-refractivity contribution in [3.8, 4) is 0 Å². The Kier molecular flexibility index (Phi) is 6.77. The minimum absolute atomic E-state index is 0.0200. The number of nitrogens with zero attached hydrogens (tertiary/aromatic N) is 3. The first-order chi connectivity index (χ1) is 16.6. The van der Waals surface area contributed by atoms with E-state index in [4.69, 9.17) is 0 Å². The van der Waals surface area contributed by atoms with Crippen LogP contribution in [0.15, 0.2) is 47.4 Å². The number of hydrogen-bond acceptors (Lipinski definition) is 5. The minimum Gasteiger partial charge on any atom is -0.347 e. The molecule has 0 bridgehead atoms. The van der Waals surface area contributed by atoms with Crippen molar-refractivity contribution in [2.24, 2.45) is 7.05 Å². The highest BCUT2D eigenvalue weighted by Crippen LogP contribution is 2.31. The van der Waals surface area contributed by atoms with E-state index >= 15 is 0 Å². The number of aromatic nitrogens is 2. The maximum Gasteiger partial charge on any atom is 0.272 e. The van der Waals surface area contributed by atoms with Crippen LogP contribution < -0.4 is 10.6 Å². The van der Waals surface area contributed by atoms with Crippen LogP contribution in [0.1, 0.15) is 45.4 Å².